The van der Waals surface area contributed by atoms with Gasteiger partial charge in [0.2, 0.25) is 10.0 Å². The Labute approximate surface area is 194 Å². The smallest absolute Gasteiger partial charge is 0.338 e. The molecule has 2 aliphatic heterocycles. The number of carbonyl (C=O) groups excluding carboxylic acids is 3. The average Bonchev–Trinajstić information content (AvgIpc) is 2.83. The molecule has 0 saturated carbocycles. The molecular formula is C22H32N4O6S. The van der Waals surface area contributed by atoms with Crippen LogP contribution in [0.2, 0.25) is 0 Å². The zero-order chi connectivity index (χ0) is 23.8. The maximum atomic E-state index is 13.5. The molecule has 10 nitrogen and oxygen atoms in total. The highest BCUT2D eigenvalue weighted by Crippen LogP contribution is 2.32. The number of nitrogens with zero attached hydrogens (tertiary/aromatic N) is 2. The van der Waals surface area contributed by atoms with Crippen LogP contribution in [0.15, 0.2) is 23.1 Å². The SMILES string of the molecule is CCNC(=O)NC(=O)COC(=O)c1ccc(N2CCCCC2)c(S(=O)(=O)N2CCCCC2)c1. The van der Waals surface area contributed by atoms with Gasteiger partial charge in [-0.2, -0.15) is 4.31 Å². The Morgan fingerprint density at radius 3 is 2.24 bits per heavy atom. The second kappa shape index (κ2) is 11.5. The van der Waals surface area contributed by atoms with Gasteiger partial charge < -0.3 is 15.0 Å². The van der Waals surface area contributed by atoms with Crippen molar-refractivity contribution in [3.05, 3.63) is 23.8 Å². The number of piperidine rings is 2. The van der Waals surface area contributed by atoms with Crippen molar-refractivity contribution < 1.29 is 27.5 Å². The molecule has 0 unspecified atom stereocenters. The lowest BCUT2D eigenvalue weighted by Gasteiger charge is -2.33. The van der Waals surface area contributed by atoms with Gasteiger partial charge in [-0.25, -0.2) is 18.0 Å². The molecule has 1 aromatic rings. The van der Waals surface area contributed by atoms with Crippen LogP contribution in [0, 0.1) is 0 Å². The van der Waals surface area contributed by atoms with E-state index in [-0.39, 0.29) is 10.5 Å². The number of benzene rings is 1. The van der Waals surface area contributed by atoms with Gasteiger partial charge in [0.05, 0.1) is 11.3 Å². The van der Waals surface area contributed by atoms with Crippen LogP contribution in [-0.2, 0) is 19.6 Å². The van der Waals surface area contributed by atoms with E-state index in [1.54, 1.807) is 13.0 Å². The van der Waals surface area contributed by atoms with Gasteiger partial charge in [0.15, 0.2) is 6.61 Å². The summed E-state index contributed by atoms with van der Waals surface area (Å²) in [5.74, 6) is -1.61. The Bertz CT molecular complexity index is 969. The lowest BCUT2D eigenvalue weighted by atomic mass is 10.1. The molecule has 2 aliphatic rings. The van der Waals surface area contributed by atoms with E-state index in [0.717, 1.165) is 51.6 Å². The minimum absolute atomic E-state index is 0.0390. The highest BCUT2D eigenvalue weighted by Gasteiger charge is 2.31. The minimum Gasteiger partial charge on any atom is -0.452 e. The van der Waals surface area contributed by atoms with Crippen molar-refractivity contribution in [1.82, 2.24) is 14.9 Å². The quantitative estimate of drug-likeness (QED) is 0.571. The molecule has 3 rings (SSSR count). The van der Waals surface area contributed by atoms with Gasteiger partial charge in [-0.1, -0.05) is 6.42 Å². The molecular weight excluding hydrogens is 448 g/mol. The van der Waals surface area contributed by atoms with Gasteiger partial charge in [0.1, 0.15) is 4.90 Å². The third-order valence-corrected chi connectivity index (χ3v) is 7.68. The third-order valence-electron chi connectivity index (χ3n) is 5.75. The summed E-state index contributed by atoms with van der Waals surface area (Å²) in [5, 5.41) is 4.44. The predicted molar refractivity (Wildman–Crippen MR) is 123 cm³/mol. The van der Waals surface area contributed by atoms with Crippen molar-refractivity contribution in [3.63, 3.8) is 0 Å². The van der Waals surface area contributed by atoms with E-state index in [1.807, 2.05) is 5.32 Å². The second-order valence-electron chi connectivity index (χ2n) is 8.18. The van der Waals surface area contributed by atoms with Crippen LogP contribution in [0.1, 0.15) is 55.8 Å². The molecule has 1 aromatic carbocycles. The van der Waals surface area contributed by atoms with Crippen molar-refractivity contribution in [3.8, 4) is 0 Å². The molecule has 3 amide bonds. The first kappa shape index (κ1) is 25.0. The first-order valence-electron chi connectivity index (χ1n) is 11.5. The van der Waals surface area contributed by atoms with Gasteiger partial charge in [0.25, 0.3) is 5.91 Å². The number of carbonyl (C=O) groups is 3. The van der Waals surface area contributed by atoms with Crippen molar-refractivity contribution in [1.29, 1.82) is 0 Å². The number of rotatable bonds is 7. The summed E-state index contributed by atoms with van der Waals surface area (Å²) in [5.41, 5.74) is 0.628. The number of imide groups is 1. The van der Waals surface area contributed by atoms with Gasteiger partial charge in [-0.05, 0) is 57.2 Å². The number of esters is 1. The molecule has 0 bridgehead atoms. The van der Waals surface area contributed by atoms with Crippen molar-refractivity contribution in [2.24, 2.45) is 0 Å². The van der Waals surface area contributed by atoms with Crippen LogP contribution in [0.3, 0.4) is 0 Å². The number of amides is 3. The van der Waals surface area contributed by atoms with Crippen LogP contribution in [-0.4, -0.2) is 70.0 Å². The summed E-state index contributed by atoms with van der Waals surface area (Å²) in [6.45, 7) is 3.81. The van der Waals surface area contributed by atoms with Crippen LogP contribution in [0.4, 0.5) is 10.5 Å². The number of hydrogen-bond acceptors (Lipinski definition) is 7. The van der Waals surface area contributed by atoms with Crippen molar-refractivity contribution in [2.45, 2.75) is 50.3 Å². The van der Waals surface area contributed by atoms with Crippen molar-refractivity contribution >= 4 is 33.6 Å². The molecule has 0 spiro atoms. The second-order valence-corrected chi connectivity index (χ2v) is 10.1. The van der Waals surface area contributed by atoms with Gasteiger partial charge in [-0.3, -0.25) is 10.1 Å². The van der Waals surface area contributed by atoms with E-state index in [4.69, 9.17) is 4.74 Å². The van der Waals surface area contributed by atoms with Crippen molar-refractivity contribution in [2.75, 3.05) is 44.2 Å². The molecule has 11 heteroatoms. The third kappa shape index (κ3) is 6.44. The zero-order valence-corrected chi connectivity index (χ0v) is 19.8. The topological polar surface area (TPSA) is 125 Å². The summed E-state index contributed by atoms with van der Waals surface area (Å²) in [4.78, 5) is 37.9. The zero-order valence-electron chi connectivity index (χ0n) is 19.0. The molecule has 33 heavy (non-hydrogen) atoms. The van der Waals surface area contributed by atoms with Gasteiger partial charge >= 0.3 is 12.0 Å². The summed E-state index contributed by atoms with van der Waals surface area (Å²) < 4.78 is 33.5. The Kier molecular flexibility index (Phi) is 8.67. The van der Waals surface area contributed by atoms with Crippen LogP contribution < -0.4 is 15.5 Å². The van der Waals surface area contributed by atoms with E-state index in [2.05, 4.69) is 10.2 Å². The maximum Gasteiger partial charge on any atom is 0.338 e. The molecule has 0 aliphatic carbocycles. The number of hydrogen-bond donors (Lipinski definition) is 2. The molecule has 2 fully saturated rings. The van der Waals surface area contributed by atoms with Crippen LogP contribution >= 0.6 is 0 Å². The Balaban J connectivity index is 1.81. The molecule has 0 radical (unpaired) electrons. The van der Waals surface area contributed by atoms with Crippen LogP contribution in [0.5, 0.6) is 0 Å². The van der Waals surface area contributed by atoms with Gasteiger partial charge in [0, 0.05) is 32.7 Å². The summed E-state index contributed by atoms with van der Waals surface area (Å²) in [6, 6.07) is 3.83. The van der Waals surface area contributed by atoms with E-state index in [0.29, 0.717) is 25.3 Å². The Hall–Kier alpha value is -2.66. The average molecular weight is 481 g/mol. The van der Waals surface area contributed by atoms with Gasteiger partial charge in [-0.15, -0.1) is 0 Å². The first-order valence-corrected chi connectivity index (χ1v) is 12.9. The monoisotopic (exact) mass is 480 g/mol. The number of anilines is 1. The van der Waals surface area contributed by atoms with E-state index in [9.17, 15) is 22.8 Å². The summed E-state index contributed by atoms with van der Waals surface area (Å²) >= 11 is 0. The number of ether oxygens (including phenoxy) is 1. The molecule has 2 saturated heterocycles. The van der Waals surface area contributed by atoms with E-state index in [1.165, 1.54) is 16.4 Å². The standard InChI is InChI=1S/C22H32N4O6S/c1-2-23-22(29)24-20(27)16-32-21(28)17-9-10-18(25-11-5-3-6-12-25)19(15-17)33(30,31)26-13-7-4-8-14-26/h9-10,15H,2-8,11-14,16H2,1H3,(H2,23,24,27,29). The fourth-order valence-corrected chi connectivity index (χ4v) is 5.82. The lowest BCUT2D eigenvalue weighted by Crippen LogP contribution is -2.41. The molecule has 2 N–H and O–H groups in total. The summed E-state index contributed by atoms with van der Waals surface area (Å²) in [6.07, 6.45) is 5.67. The van der Waals surface area contributed by atoms with E-state index < -0.39 is 34.5 Å². The number of sulfonamides is 1. The first-order chi connectivity index (χ1) is 15.8. The number of nitrogens with one attached hydrogen (secondary N) is 2. The fourth-order valence-electron chi connectivity index (χ4n) is 4.07. The highest BCUT2D eigenvalue weighted by molar-refractivity contribution is 7.89. The minimum atomic E-state index is -3.80. The van der Waals surface area contributed by atoms with E-state index >= 15 is 0 Å². The molecule has 2 heterocycles. The number of urea groups is 1. The fraction of sp³-hybridized carbons (Fsp3) is 0.591. The molecule has 0 aromatic heterocycles. The largest absolute Gasteiger partial charge is 0.452 e. The summed E-state index contributed by atoms with van der Waals surface area (Å²) in [7, 11) is -3.80. The maximum absolute atomic E-state index is 13.5. The lowest BCUT2D eigenvalue weighted by molar-refractivity contribution is -0.123. The van der Waals surface area contributed by atoms with Crippen LogP contribution in [0.25, 0.3) is 0 Å². The Morgan fingerprint density at radius 1 is 0.970 bits per heavy atom. The highest BCUT2D eigenvalue weighted by atomic mass is 32.2. The predicted octanol–water partition coefficient (Wildman–Crippen LogP) is 1.85. The molecule has 182 valence electrons. The Morgan fingerprint density at radius 2 is 1.61 bits per heavy atom. The molecule has 0 atom stereocenters. The normalized spacial score (nSPS) is 17.3.